The zero-order chi connectivity index (χ0) is 9.02. The summed E-state index contributed by atoms with van der Waals surface area (Å²) in [6.07, 6.45) is -1.96. The maximum absolute atomic E-state index is 12.4. The quantitative estimate of drug-likeness (QED) is 0.695. The fourth-order valence-corrected chi connectivity index (χ4v) is 0.949. The minimum Gasteiger partial charge on any atom is -0.384 e. The zero-order valence-electron chi connectivity index (χ0n) is 5.61. The van der Waals surface area contributed by atoms with Gasteiger partial charge in [0, 0.05) is 0 Å². The molecule has 6 heteroatoms. The fourth-order valence-electron chi connectivity index (χ4n) is 0.293. The molecule has 2 N–H and O–H groups in total. The second-order valence-electron chi connectivity index (χ2n) is 1.66. The van der Waals surface area contributed by atoms with Crippen LogP contribution in [-0.4, -0.2) is 10.5 Å². The van der Waals surface area contributed by atoms with Gasteiger partial charge in [0.15, 0.2) is 17.2 Å². The number of nitrogens with two attached hydrogens (primary N) is 1. The van der Waals surface area contributed by atoms with Gasteiger partial charge in [0.1, 0.15) is 4.32 Å². The molecule has 1 atom stereocenters. The topological polar surface area (TPSA) is 26.0 Å². The number of allylic oxidation sites excluding steroid dienone is 1. The number of alkyl halides is 1. The third-order valence-corrected chi connectivity index (χ3v) is 1.55. The summed E-state index contributed by atoms with van der Waals surface area (Å²) in [5, 5.41) is -1.31. The van der Waals surface area contributed by atoms with E-state index >= 15 is 0 Å². The largest absolute Gasteiger partial charge is 0.384 e. The summed E-state index contributed by atoms with van der Waals surface area (Å²) < 4.78 is 36.4. The maximum Gasteiger partial charge on any atom is 0.197 e. The fraction of sp³-hybridized carbons (Fsp3) is 0.400. The number of thiocarbonyl (C=S) groups is 1. The third kappa shape index (κ3) is 4.26. The average molecular weight is 201 g/mol. The second kappa shape index (κ2) is 4.61. The van der Waals surface area contributed by atoms with Crippen LogP contribution in [0.3, 0.4) is 0 Å². The van der Waals surface area contributed by atoms with Crippen LogP contribution in [-0.2, 0) is 0 Å². The molecule has 0 aromatic heterocycles. The summed E-state index contributed by atoms with van der Waals surface area (Å²) in [5.74, 6) is -1.47. The third-order valence-electron chi connectivity index (χ3n) is 0.727. The van der Waals surface area contributed by atoms with Gasteiger partial charge in [-0.3, -0.25) is 0 Å². The first kappa shape index (κ1) is 10.8. The molecule has 11 heavy (non-hydrogen) atoms. The van der Waals surface area contributed by atoms with Crippen molar-refractivity contribution in [3.8, 4) is 0 Å². The Morgan fingerprint density at radius 2 is 2.00 bits per heavy atom. The second-order valence-corrected chi connectivity index (χ2v) is 3.36. The van der Waals surface area contributed by atoms with E-state index in [0.717, 1.165) is 6.92 Å². The molecule has 0 radical (unpaired) electrons. The Hall–Kier alpha value is -0.230. The van der Waals surface area contributed by atoms with Crippen molar-refractivity contribution in [3.63, 3.8) is 0 Å². The molecule has 0 aliphatic carbocycles. The highest BCUT2D eigenvalue weighted by Crippen LogP contribution is 2.25. The van der Waals surface area contributed by atoms with Crippen LogP contribution in [0, 0.1) is 0 Å². The standard InChI is InChI=1S/C5H6F3NS2/c1-2(6)3(7)4(8)11-5(9)10/h2H,1H3,(H2,9,10)/b4-3-. The van der Waals surface area contributed by atoms with Crippen LogP contribution < -0.4 is 5.73 Å². The highest BCUT2D eigenvalue weighted by molar-refractivity contribution is 8.25. The first-order valence-corrected chi connectivity index (χ1v) is 3.84. The van der Waals surface area contributed by atoms with E-state index in [1.54, 1.807) is 0 Å². The Morgan fingerprint density at radius 1 is 1.55 bits per heavy atom. The molecular formula is C5H6F3NS2. The van der Waals surface area contributed by atoms with Crippen molar-refractivity contribution >= 4 is 28.3 Å². The van der Waals surface area contributed by atoms with Crippen LogP contribution in [0.1, 0.15) is 6.92 Å². The van der Waals surface area contributed by atoms with Crippen LogP contribution in [0.2, 0.25) is 0 Å². The average Bonchev–Trinajstić information content (AvgIpc) is 1.84. The Bertz CT molecular complexity index is 190. The monoisotopic (exact) mass is 201 g/mol. The lowest BCUT2D eigenvalue weighted by atomic mass is 10.4. The molecule has 1 nitrogen and oxygen atoms in total. The van der Waals surface area contributed by atoms with Gasteiger partial charge in [0.2, 0.25) is 0 Å². The lowest BCUT2D eigenvalue weighted by Gasteiger charge is -1.99. The Kier molecular flexibility index (Phi) is 4.51. The van der Waals surface area contributed by atoms with Crippen LogP contribution in [0.4, 0.5) is 13.2 Å². The van der Waals surface area contributed by atoms with E-state index in [0.29, 0.717) is 0 Å². The molecule has 0 rings (SSSR count). The van der Waals surface area contributed by atoms with Crippen molar-refractivity contribution in [1.82, 2.24) is 0 Å². The van der Waals surface area contributed by atoms with Crippen molar-refractivity contribution < 1.29 is 13.2 Å². The molecular weight excluding hydrogens is 195 g/mol. The van der Waals surface area contributed by atoms with Crippen LogP contribution >= 0.6 is 24.0 Å². The number of rotatable bonds is 2. The Balaban J connectivity index is 4.28. The smallest absolute Gasteiger partial charge is 0.197 e. The van der Waals surface area contributed by atoms with Gasteiger partial charge < -0.3 is 5.73 Å². The van der Waals surface area contributed by atoms with Gasteiger partial charge in [-0.05, 0) is 18.7 Å². The van der Waals surface area contributed by atoms with Crippen LogP contribution in [0.25, 0.3) is 0 Å². The van der Waals surface area contributed by atoms with Gasteiger partial charge in [-0.1, -0.05) is 12.2 Å². The van der Waals surface area contributed by atoms with Crippen molar-refractivity contribution in [2.75, 3.05) is 0 Å². The molecule has 0 saturated carbocycles. The van der Waals surface area contributed by atoms with Gasteiger partial charge in [-0.25, -0.2) is 8.78 Å². The number of thioether (sulfide) groups is 1. The van der Waals surface area contributed by atoms with Crippen LogP contribution in [0.15, 0.2) is 11.0 Å². The minimum atomic E-state index is -1.96. The maximum atomic E-state index is 12.4. The highest BCUT2D eigenvalue weighted by atomic mass is 32.2. The van der Waals surface area contributed by atoms with E-state index in [1.807, 2.05) is 0 Å². The van der Waals surface area contributed by atoms with Gasteiger partial charge >= 0.3 is 0 Å². The van der Waals surface area contributed by atoms with Gasteiger partial charge in [-0.15, -0.1) is 0 Å². The molecule has 0 saturated heterocycles. The van der Waals surface area contributed by atoms with Crippen molar-refractivity contribution in [2.45, 2.75) is 13.1 Å². The molecule has 64 valence electrons. The predicted octanol–water partition coefficient (Wildman–Crippen LogP) is 2.43. The molecule has 0 bridgehead atoms. The summed E-state index contributed by atoms with van der Waals surface area (Å²) in [5.41, 5.74) is 4.86. The van der Waals surface area contributed by atoms with E-state index < -0.39 is 17.2 Å². The number of halogens is 3. The Morgan fingerprint density at radius 3 is 2.27 bits per heavy atom. The summed E-state index contributed by atoms with van der Waals surface area (Å²) in [6, 6.07) is 0. The molecule has 0 aromatic rings. The molecule has 1 unspecified atom stereocenters. The first-order chi connectivity index (χ1) is 4.95. The predicted molar refractivity (Wildman–Crippen MR) is 44.2 cm³/mol. The lowest BCUT2D eigenvalue weighted by molar-refractivity contribution is 0.339. The number of hydrogen-bond donors (Lipinski definition) is 1. The summed E-state index contributed by atoms with van der Waals surface area (Å²) in [7, 11) is 0. The molecule has 0 amide bonds. The molecule has 0 spiro atoms. The van der Waals surface area contributed by atoms with E-state index in [-0.39, 0.29) is 16.1 Å². The van der Waals surface area contributed by atoms with E-state index in [1.165, 1.54) is 0 Å². The Labute approximate surface area is 71.8 Å². The van der Waals surface area contributed by atoms with E-state index in [9.17, 15) is 13.2 Å². The van der Waals surface area contributed by atoms with E-state index in [2.05, 4.69) is 12.2 Å². The molecule has 0 aliphatic rings. The first-order valence-electron chi connectivity index (χ1n) is 2.61. The van der Waals surface area contributed by atoms with E-state index in [4.69, 9.17) is 5.73 Å². The van der Waals surface area contributed by atoms with Crippen LogP contribution in [0.5, 0.6) is 0 Å². The highest BCUT2D eigenvalue weighted by Gasteiger charge is 2.14. The van der Waals surface area contributed by atoms with Crippen molar-refractivity contribution in [2.24, 2.45) is 5.73 Å². The zero-order valence-corrected chi connectivity index (χ0v) is 7.24. The minimum absolute atomic E-state index is 0.198. The molecule has 0 aromatic carbocycles. The molecule has 0 heterocycles. The molecule has 0 fully saturated rings. The normalized spacial score (nSPS) is 15.6. The summed E-state index contributed by atoms with van der Waals surface area (Å²) >= 11 is 4.45. The summed E-state index contributed by atoms with van der Waals surface area (Å²) in [4.78, 5) is 0. The van der Waals surface area contributed by atoms with Crippen molar-refractivity contribution in [1.29, 1.82) is 0 Å². The van der Waals surface area contributed by atoms with Gasteiger partial charge in [-0.2, -0.15) is 4.39 Å². The van der Waals surface area contributed by atoms with Gasteiger partial charge in [0.25, 0.3) is 0 Å². The van der Waals surface area contributed by atoms with Crippen molar-refractivity contribution in [3.05, 3.63) is 11.0 Å². The lowest BCUT2D eigenvalue weighted by Crippen LogP contribution is -2.03. The molecule has 0 aliphatic heterocycles. The number of hydrogen-bond acceptors (Lipinski definition) is 2. The SMILES string of the molecule is CC(F)/C(F)=C(\F)SC(N)=S. The summed E-state index contributed by atoms with van der Waals surface area (Å²) in [6.45, 7) is 0.884. The van der Waals surface area contributed by atoms with Gasteiger partial charge in [0.05, 0.1) is 0 Å².